The van der Waals surface area contributed by atoms with Gasteiger partial charge in [-0.1, -0.05) is 12.8 Å². The van der Waals surface area contributed by atoms with Crippen molar-refractivity contribution in [3.63, 3.8) is 0 Å². The van der Waals surface area contributed by atoms with E-state index in [0.29, 0.717) is 17.1 Å². The molecule has 0 amide bonds. The third kappa shape index (κ3) is 2.41. The monoisotopic (exact) mass is 242 g/mol. The van der Waals surface area contributed by atoms with Crippen molar-refractivity contribution in [1.29, 1.82) is 0 Å². The van der Waals surface area contributed by atoms with Crippen LogP contribution < -0.4 is 0 Å². The maximum Gasteiger partial charge on any atom is 0.0687 e. The Kier molecular flexibility index (Phi) is 3.19. The van der Waals surface area contributed by atoms with Gasteiger partial charge in [0.05, 0.1) is 11.7 Å². The maximum absolute atomic E-state index is 6.35. The zero-order valence-corrected chi connectivity index (χ0v) is 10.8. The first-order valence-electron chi connectivity index (χ1n) is 7.09. The summed E-state index contributed by atoms with van der Waals surface area (Å²) in [6.45, 7) is 0. The molecule has 3 rings (SSSR count). The largest absolute Gasteiger partial charge is 0.372 e. The summed E-state index contributed by atoms with van der Waals surface area (Å²) in [5, 5.41) is 0.434. The molecule has 2 saturated carbocycles. The van der Waals surface area contributed by atoms with E-state index in [-0.39, 0.29) is 0 Å². The molecule has 0 aromatic rings. The molecule has 0 radical (unpaired) electrons. The lowest BCUT2D eigenvalue weighted by atomic mass is 9.97. The molecular weight excluding hydrogens is 220 g/mol. The molecule has 2 unspecified atom stereocenters. The minimum Gasteiger partial charge on any atom is -0.372 e. The van der Waals surface area contributed by atoms with E-state index < -0.39 is 0 Å². The predicted octanol–water partition coefficient (Wildman–Crippen LogP) is 4.28. The molecule has 0 N–H and O–H groups in total. The molecular formula is C14H23ClO. The topological polar surface area (TPSA) is 9.23 Å². The molecule has 0 bridgehead atoms. The third-order valence-electron chi connectivity index (χ3n) is 4.75. The van der Waals surface area contributed by atoms with Crippen molar-refractivity contribution >= 4 is 11.6 Å². The quantitative estimate of drug-likeness (QED) is 0.669. The highest BCUT2D eigenvalue weighted by molar-refractivity contribution is 6.20. The van der Waals surface area contributed by atoms with Gasteiger partial charge >= 0.3 is 0 Å². The van der Waals surface area contributed by atoms with Gasteiger partial charge in [-0.05, 0) is 57.3 Å². The summed E-state index contributed by atoms with van der Waals surface area (Å²) in [6, 6.07) is 0. The molecule has 2 aliphatic carbocycles. The predicted molar refractivity (Wildman–Crippen MR) is 66.9 cm³/mol. The highest BCUT2D eigenvalue weighted by atomic mass is 35.5. The van der Waals surface area contributed by atoms with Crippen molar-refractivity contribution < 1.29 is 4.74 Å². The Hall–Kier alpha value is 0.250. The number of hydrogen-bond acceptors (Lipinski definition) is 1. The number of hydrogen-bond donors (Lipinski definition) is 0. The summed E-state index contributed by atoms with van der Waals surface area (Å²) in [5.41, 5.74) is 0.312. The van der Waals surface area contributed by atoms with Crippen molar-refractivity contribution in [1.82, 2.24) is 0 Å². The Balaban J connectivity index is 1.43. The van der Waals surface area contributed by atoms with Crippen LogP contribution in [0.1, 0.15) is 64.2 Å². The lowest BCUT2D eigenvalue weighted by Gasteiger charge is -2.24. The van der Waals surface area contributed by atoms with Crippen molar-refractivity contribution in [2.75, 3.05) is 0 Å². The molecule has 1 aliphatic heterocycles. The zero-order valence-electron chi connectivity index (χ0n) is 10.1. The average molecular weight is 243 g/mol. The van der Waals surface area contributed by atoms with E-state index in [1.54, 1.807) is 0 Å². The molecule has 0 aromatic carbocycles. The van der Waals surface area contributed by atoms with Crippen LogP contribution >= 0.6 is 11.6 Å². The Morgan fingerprint density at radius 2 is 1.88 bits per heavy atom. The van der Waals surface area contributed by atoms with Crippen LogP contribution in [0.4, 0.5) is 0 Å². The van der Waals surface area contributed by atoms with Gasteiger partial charge in [-0.2, -0.15) is 0 Å². The Bertz CT molecular complexity index is 243. The van der Waals surface area contributed by atoms with Crippen LogP contribution in [-0.2, 0) is 4.74 Å². The van der Waals surface area contributed by atoms with Gasteiger partial charge in [0, 0.05) is 5.38 Å². The minimum absolute atomic E-state index is 0.312. The van der Waals surface area contributed by atoms with Gasteiger partial charge in [0.1, 0.15) is 0 Å². The van der Waals surface area contributed by atoms with Gasteiger partial charge in [0.15, 0.2) is 0 Å². The van der Waals surface area contributed by atoms with Crippen LogP contribution in [-0.4, -0.2) is 17.1 Å². The average Bonchev–Trinajstić information content (AvgIpc) is 2.94. The minimum atomic E-state index is 0.312. The number of alkyl halides is 1. The fourth-order valence-corrected chi connectivity index (χ4v) is 3.90. The van der Waals surface area contributed by atoms with Crippen molar-refractivity contribution in [3.8, 4) is 0 Å². The van der Waals surface area contributed by atoms with Crippen LogP contribution in [0.5, 0.6) is 0 Å². The summed E-state index contributed by atoms with van der Waals surface area (Å²) in [5.74, 6) is 0.837. The van der Waals surface area contributed by atoms with E-state index in [2.05, 4.69) is 0 Å². The summed E-state index contributed by atoms with van der Waals surface area (Å²) in [6.07, 6.45) is 13.6. The van der Waals surface area contributed by atoms with Crippen molar-refractivity contribution in [2.24, 2.45) is 5.92 Å². The number of rotatable bonds is 4. The second-order valence-corrected chi connectivity index (χ2v) is 6.66. The molecule has 2 heteroatoms. The molecule has 3 aliphatic rings. The summed E-state index contributed by atoms with van der Waals surface area (Å²) >= 11 is 6.35. The first-order chi connectivity index (χ1) is 7.77. The highest BCUT2D eigenvalue weighted by Crippen LogP contribution is 2.45. The first-order valence-corrected chi connectivity index (χ1v) is 7.53. The maximum atomic E-state index is 6.35. The lowest BCUT2D eigenvalue weighted by molar-refractivity contribution is -0.0395. The van der Waals surface area contributed by atoms with Gasteiger partial charge in [0.25, 0.3) is 0 Å². The number of ether oxygens (including phenoxy) is 1. The van der Waals surface area contributed by atoms with Crippen LogP contribution in [0.15, 0.2) is 0 Å². The van der Waals surface area contributed by atoms with E-state index in [4.69, 9.17) is 16.3 Å². The summed E-state index contributed by atoms with van der Waals surface area (Å²) in [7, 11) is 0. The van der Waals surface area contributed by atoms with Gasteiger partial charge in [-0.15, -0.1) is 11.6 Å². The molecule has 0 aromatic heterocycles. The van der Waals surface area contributed by atoms with Gasteiger partial charge in [0.2, 0.25) is 0 Å². The molecule has 1 nitrogen and oxygen atoms in total. The molecule has 1 spiro atoms. The molecule has 3 fully saturated rings. The highest BCUT2D eigenvalue weighted by Gasteiger charge is 2.42. The third-order valence-corrected chi connectivity index (χ3v) is 5.33. The van der Waals surface area contributed by atoms with Crippen molar-refractivity contribution in [2.45, 2.75) is 81.3 Å². The van der Waals surface area contributed by atoms with E-state index in [1.807, 2.05) is 0 Å². The standard InChI is InChI=1S/C14H23ClO/c15-13(11-3-4-11)6-5-12-7-10-14(16-12)8-1-2-9-14/h11-13H,1-10H2. The fourth-order valence-electron chi connectivity index (χ4n) is 3.52. The SMILES string of the molecule is ClC(CCC1CCC2(CCCC2)O1)C1CC1. The smallest absolute Gasteiger partial charge is 0.0687 e. The molecule has 1 heterocycles. The van der Waals surface area contributed by atoms with Gasteiger partial charge in [-0.25, -0.2) is 0 Å². The Morgan fingerprint density at radius 1 is 1.12 bits per heavy atom. The number of halogens is 1. The van der Waals surface area contributed by atoms with E-state index in [1.165, 1.54) is 64.2 Å². The second-order valence-electron chi connectivity index (χ2n) is 6.10. The fraction of sp³-hybridized carbons (Fsp3) is 1.00. The zero-order chi connectivity index (χ0) is 11.0. The summed E-state index contributed by atoms with van der Waals surface area (Å²) in [4.78, 5) is 0. The Labute approximate surface area is 104 Å². The van der Waals surface area contributed by atoms with E-state index in [0.717, 1.165) is 5.92 Å². The van der Waals surface area contributed by atoms with E-state index in [9.17, 15) is 0 Å². The van der Waals surface area contributed by atoms with Crippen LogP contribution in [0.3, 0.4) is 0 Å². The molecule has 16 heavy (non-hydrogen) atoms. The van der Waals surface area contributed by atoms with Crippen molar-refractivity contribution in [3.05, 3.63) is 0 Å². The molecule has 92 valence electrons. The van der Waals surface area contributed by atoms with Gasteiger partial charge in [-0.3, -0.25) is 0 Å². The van der Waals surface area contributed by atoms with Crippen LogP contribution in [0, 0.1) is 5.92 Å². The normalized spacial score (nSPS) is 34.7. The second kappa shape index (κ2) is 4.49. The van der Waals surface area contributed by atoms with E-state index >= 15 is 0 Å². The van der Waals surface area contributed by atoms with Crippen LogP contribution in [0.2, 0.25) is 0 Å². The first kappa shape index (κ1) is 11.3. The lowest BCUT2D eigenvalue weighted by Crippen LogP contribution is -2.25. The van der Waals surface area contributed by atoms with Crippen LogP contribution in [0.25, 0.3) is 0 Å². The molecule has 1 saturated heterocycles. The molecule has 2 atom stereocenters. The Morgan fingerprint density at radius 3 is 2.56 bits per heavy atom. The van der Waals surface area contributed by atoms with Gasteiger partial charge < -0.3 is 4.74 Å². The summed E-state index contributed by atoms with van der Waals surface area (Å²) < 4.78 is 6.30.